The third-order valence-corrected chi connectivity index (χ3v) is 3.68. The molecule has 5 nitrogen and oxygen atoms in total. The number of ether oxygens (including phenoxy) is 1. The fraction of sp³-hybridized carbons (Fsp3) is 0.188. The molecule has 0 aliphatic rings. The topological polar surface area (TPSA) is 68.3 Å². The summed E-state index contributed by atoms with van der Waals surface area (Å²) in [6.07, 6.45) is 2.28. The van der Waals surface area contributed by atoms with Crippen LogP contribution in [-0.2, 0) is 9.53 Å². The van der Waals surface area contributed by atoms with Crippen molar-refractivity contribution in [2.24, 2.45) is 0 Å². The highest BCUT2D eigenvalue weighted by Crippen LogP contribution is 2.19. The van der Waals surface area contributed by atoms with E-state index in [2.05, 4.69) is 10.3 Å². The van der Waals surface area contributed by atoms with Crippen molar-refractivity contribution in [3.8, 4) is 0 Å². The Bertz CT molecular complexity index is 724. The lowest BCUT2D eigenvalue weighted by Crippen LogP contribution is -2.30. The monoisotopic (exact) mass is 334 g/mol. The Balaban J connectivity index is 2.03. The molecule has 2 rings (SSSR count). The van der Waals surface area contributed by atoms with Gasteiger partial charge in [0.25, 0.3) is 5.91 Å². The Hall–Kier alpha value is -2.41. The Morgan fingerprint density at radius 2 is 2.00 bits per heavy atom. The molecule has 0 saturated carbocycles. The van der Waals surface area contributed by atoms with E-state index in [4.69, 9.17) is 4.74 Å². The number of nitrogens with one attached hydrogen (secondary N) is 1. The molecule has 23 heavy (non-hydrogen) atoms. The number of hydrogen-bond acceptors (Lipinski definition) is 5. The summed E-state index contributed by atoms with van der Waals surface area (Å²) in [7, 11) is 0. The fourth-order valence-electron chi connectivity index (χ4n) is 1.78. The van der Waals surface area contributed by atoms with Crippen molar-refractivity contribution in [1.29, 1.82) is 0 Å². The van der Waals surface area contributed by atoms with Gasteiger partial charge in [-0.2, -0.15) is 0 Å². The number of esters is 1. The van der Waals surface area contributed by atoms with Crippen LogP contribution >= 0.6 is 11.8 Å². The number of hydrogen-bond donors (Lipinski definition) is 1. The van der Waals surface area contributed by atoms with Crippen molar-refractivity contribution in [3.05, 3.63) is 54.0 Å². The largest absolute Gasteiger partial charge is 0.449 e. The van der Waals surface area contributed by atoms with Crippen LogP contribution in [0, 0.1) is 5.82 Å². The third kappa shape index (κ3) is 4.29. The van der Waals surface area contributed by atoms with Crippen molar-refractivity contribution in [1.82, 2.24) is 4.98 Å². The van der Waals surface area contributed by atoms with Gasteiger partial charge in [0.2, 0.25) is 0 Å². The third-order valence-electron chi connectivity index (χ3n) is 2.97. The van der Waals surface area contributed by atoms with Crippen molar-refractivity contribution in [2.45, 2.75) is 18.1 Å². The van der Waals surface area contributed by atoms with E-state index < -0.39 is 23.8 Å². The Morgan fingerprint density at radius 3 is 2.70 bits per heavy atom. The Morgan fingerprint density at radius 1 is 1.26 bits per heavy atom. The van der Waals surface area contributed by atoms with Crippen LogP contribution in [0.1, 0.15) is 17.3 Å². The van der Waals surface area contributed by atoms with Crippen LogP contribution in [-0.4, -0.2) is 29.2 Å². The van der Waals surface area contributed by atoms with Gasteiger partial charge in [-0.15, -0.1) is 11.8 Å². The van der Waals surface area contributed by atoms with Crippen LogP contribution in [0.3, 0.4) is 0 Å². The van der Waals surface area contributed by atoms with Crippen LogP contribution in [0.2, 0.25) is 0 Å². The fourth-order valence-corrected chi connectivity index (χ4v) is 2.32. The number of thioether (sulfide) groups is 1. The molecule has 1 heterocycles. The van der Waals surface area contributed by atoms with Crippen LogP contribution in [0.5, 0.6) is 0 Å². The summed E-state index contributed by atoms with van der Waals surface area (Å²) in [6, 6.07) is 8.95. The summed E-state index contributed by atoms with van der Waals surface area (Å²) in [4.78, 5) is 28.2. The first kappa shape index (κ1) is 17.0. The Labute approximate surface area is 137 Å². The zero-order valence-corrected chi connectivity index (χ0v) is 13.4. The molecule has 0 radical (unpaired) electrons. The number of rotatable bonds is 5. The molecule has 2 aromatic rings. The highest BCUT2D eigenvalue weighted by atomic mass is 32.2. The maximum Gasteiger partial charge on any atom is 0.341 e. The van der Waals surface area contributed by atoms with Crippen molar-refractivity contribution in [3.63, 3.8) is 0 Å². The molecule has 1 aromatic carbocycles. The molecule has 0 fully saturated rings. The van der Waals surface area contributed by atoms with Crippen LogP contribution in [0.15, 0.2) is 47.6 Å². The number of para-hydroxylation sites is 1. The number of nitrogens with zero attached hydrogens (tertiary/aromatic N) is 1. The zero-order chi connectivity index (χ0) is 16.8. The van der Waals surface area contributed by atoms with E-state index in [-0.39, 0.29) is 11.3 Å². The zero-order valence-electron chi connectivity index (χ0n) is 12.6. The quantitative estimate of drug-likeness (QED) is 0.672. The predicted octanol–water partition coefficient (Wildman–Crippen LogP) is 3.13. The lowest BCUT2D eigenvalue weighted by atomic mass is 10.2. The first-order valence-electron chi connectivity index (χ1n) is 6.78. The van der Waals surface area contributed by atoms with Gasteiger partial charge in [-0.25, -0.2) is 14.2 Å². The van der Waals surface area contributed by atoms with Gasteiger partial charge in [0.05, 0.1) is 11.3 Å². The highest BCUT2D eigenvalue weighted by Gasteiger charge is 2.21. The van der Waals surface area contributed by atoms with Gasteiger partial charge < -0.3 is 10.1 Å². The molecule has 1 amide bonds. The first-order valence-corrected chi connectivity index (χ1v) is 8.00. The maximum atomic E-state index is 13.5. The number of halogens is 1. The molecule has 7 heteroatoms. The summed E-state index contributed by atoms with van der Waals surface area (Å²) >= 11 is 1.30. The van der Waals surface area contributed by atoms with Gasteiger partial charge in [0.1, 0.15) is 10.8 Å². The molecule has 1 N–H and O–H groups in total. The minimum Gasteiger partial charge on any atom is -0.449 e. The Kier molecular flexibility index (Phi) is 5.70. The summed E-state index contributed by atoms with van der Waals surface area (Å²) in [5.74, 6) is -1.83. The second kappa shape index (κ2) is 7.73. The molecule has 0 unspecified atom stereocenters. The SMILES string of the molecule is CSc1ncccc1C(=O)O[C@@H](C)C(=O)Nc1ccccc1F. The smallest absolute Gasteiger partial charge is 0.341 e. The normalized spacial score (nSPS) is 11.6. The van der Waals surface area contributed by atoms with Crippen LogP contribution in [0.25, 0.3) is 0 Å². The van der Waals surface area contributed by atoms with Gasteiger partial charge in [-0.05, 0) is 37.4 Å². The molecule has 1 atom stereocenters. The number of pyridine rings is 1. The number of amides is 1. The van der Waals surface area contributed by atoms with Crippen LogP contribution in [0.4, 0.5) is 10.1 Å². The van der Waals surface area contributed by atoms with E-state index >= 15 is 0 Å². The molecular formula is C16H15FN2O3S. The van der Waals surface area contributed by atoms with Gasteiger partial charge in [-0.1, -0.05) is 12.1 Å². The summed E-state index contributed by atoms with van der Waals surface area (Å²) < 4.78 is 18.6. The molecule has 1 aromatic heterocycles. The lowest BCUT2D eigenvalue weighted by molar-refractivity contribution is -0.123. The van der Waals surface area contributed by atoms with E-state index in [1.807, 2.05) is 0 Å². The van der Waals surface area contributed by atoms with E-state index in [1.165, 1.54) is 36.9 Å². The standard InChI is InChI=1S/C16H15FN2O3S/c1-10(14(20)19-13-8-4-3-7-12(13)17)22-16(21)11-6-5-9-18-15(11)23-2/h3-10H,1-2H3,(H,19,20)/t10-/m0/s1. The van der Waals surface area contributed by atoms with Gasteiger partial charge >= 0.3 is 5.97 Å². The molecule has 0 aliphatic heterocycles. The average molecular weight is 334 g/mol. The molecular weight excluding hydrogens is 319 g/mol. The van der Waals surface area contributed by atoms with Crippen LogP contribution < -0.4 is 5.32 Å². The lowest BCUT2D eigenvalue weighted by Gasteiger charge is -2.14. The molecule has 0 spiro atoms. The second-order valence-corrected chi connectivity index (χ2v) is 5.37. The molecule has 120 valence electrons. The highest BCUT2D eigenvalue weighted by molar-refractivity contribution is 7.98. The van der Waals surface area contributed by atoms with Gasteiger partial charge in [-0.3, -0.25) is 4.79 Å². The molecule has 0 saturated heterocycles. The van der Waals surface area contributed by atoms with Crippen molar-refractivity contribution in [2.75, 3.05) is 11.6 Å². The summed E-state index contributed by atoms with van der Waals surface area (Å²) in [5.41, 5.74) is 0.317. The van der Waals surface area contributed by atoms with E-state index in [0.717, 1.165) is 0 Å². The molecule has 0 bridgehead atoms. The van der Waals surface area contributed by atoms with Crippen molar-refractivity contribution >= 4 is 29.3 Å². The van der Waals surface area contributed by atoms with Crippen molar-refractivity contribution < 1.29 is 18.7 Å². The number of carbonyl (C=O) groups excluding carboxylic acids is 2. The average Bonchev–Trinajstić information content (AvgIpc) is 2.56. The van der Waals surface area contributed by atoms with Gasteiger partial charge in [0, 0.05) is 6.20 Å². The van der Waals surface area contributed by atoms with E-state index in [9.17, 15) is 14.0 Å². The number of benzene rings is 1. The molecule has 0 aliphatic carbocycles. The van der Waals surface area contributed by atoms with E-state index in [1.54, 1.807) is 30.7 Å². The minimum absolute atomic E-state index is 0.0339. The number of aromatic nitrogens is 1. The minimum atomic E-state index is -1.07. The number of carbonyl (C=O) groups is 2. The van der Waals surface area contributed by atoms with Gasteiger partial charge in [0.15, 0.2) is 6.10 Å². The predicted molar refractivity (Wildman–Crippen MR) is 85.9 cm³/mol. The first-order chi connectivity index (χ1) is 11.0. The summed E-state index contributed by atoms with van der Waals surface area (Å²) in [6.45, 7) is 1.42. The summed E-state index contributed by atoms with van der Waals surface area (Å²) in [5, 5.41) is 2.90. The number of anilines is 1. The maximum absolute atomic E-state index is 13.5. The van der Waals surface area contributed by atoms with E-state index in [0.29, 0.717) is 5.03 Å². The second-order valence-electron chi connectivity index (χ2n) is 4.58.